The van der Waals surface area contributed by atoms with Gasteiger partial charge in [0.05, 0.1) is 4.90 Å². The van der Waals surface area contributed by atoms with Gasteiger partial charge in [0.1, 0.15) is 17.7 Å². The van der Waals surface area contributed by atoms with Gasteiger partial charge in [-0.3, -0.25) is 19.4 Å². The summed E-state index contributed by atoms with van der Waals surface area (Å²) in [4.78, 5) is 21.4. The molecule has 0 spiro atoms. The maximum Gasteiger partial charge on any atom is 0.261 e. The highest BCUT2D eigenvalue weighted by Gasteiger charge is 2.30. The first-order chi connectivity index (χ1) is 18.4. The summed E-state index contributed by atoms with van der Waals surface area (Å²) in [5, 5.41) is 0. The van der Waals surface area contributed by atoms with Crippen LogP contribution in [0.5, 0.6) is 5.75 Å². The molecular weight excluding hydrogens is 507 g/mol. The molecule has 0 saturated carbocycles. The zero-order valence-corrected chi connectivity index (χ0v) is 21.8. The molecule has 1 aromatic heterocycles. The molecule has 0 unspecified atom stereocenters. The number of hydrogen-bond acceptors (Lipinski definition) is 6. The molecule has 2 aromatic carbocycles. The van der Waals surface area contributed by atoms with E-state index in [2.05, 4.69) is 14.6 Å². The van der Waals surface area contributed by atoms with Crippen LogP contribution in [0.4, 0.5) is 10.1 Å². The lowest BCUT2D eigenvalue weighted by atomic mass is 9.98. The number of piperidine rings is 2. The van der Waals surface area contributed by atoms with Crippen LogP contribution in [0.2, 0.25) is 0 Å². The molecule has 0 radical (unpaired) electrons. The lowest BCUT2D eigenvalue weighted by molar-refractivity contribution is 0.0425. The van der Waals surface area contributed by atoms with Gasteiger partial charge in [0.2, 0.25) is 0 Å². The Morgan fingerprint density at radius 1 is 0.921 bits per heavy atom. The molecule has 0 aliphatic carbocycles. The number of anilines is 1. The Hall–Kier alpha value is -3.50. The molecule has 10 heteroatoms. The number of carbonyl (C=O) groups is 1. The number of ether oxygens (including phenoxy) is 1. The molecule has 5 rings (SSSR count). The van der Waals surface area contributed by atoms with E-state index in [9.17, 15) is 17.6 Å². The molecule has 2 saturated heterocycles. The number of pyridine rings is 1. The van der Waals surface area contributed by atoms with Crippen molar-refractivity contribution < 1.29 is 22.3 Å². The van der Waals surface area contributed by atoms with Crippen LogP contribution in [0.15, 0.2) is 78.0 Å². The Morgan fingerprint density at radius 2 is 1.63 bits per heavy atom. The fourth-order valence-corrected chi connectivity index (χ4v) is 6.23. The van der Waals surface area contributed by atoms with Crippen molar-refractivity contribution in [3.05, 3.63) is 84.4 Å². The lowest BCUT2D eigenvalue weighted by Gasteiger charge is -2.41. The third kappa shape index (κ3) is 6.31. The highest BCUT2D eigenvalue weighted by molar-refractivity contribution is 7.92. The van der Waals surface area contributed by atoms with E-state index >= 15 is 0 Å². The minimum absolute atomic E-state index is 0.125. The summed E-state index contributed by atoms with van der Waals surface area (Å²) in [7, 11) is -3.98. The van der Waals surface area contributed by atoms with E-state index < -0.39 is 15.8 Å². The number of aromatic nitrogens is 1. The smallest absolute Gasteiger partial charge is 0.261 e. The molecule has 1 amide bonds. The van der Waals surface area contributed by atoms with Crippen LogP contribution in [0.1, 0.15) is 36.0 Å². The topological polar surface area (TPSA) is 91.8 Å². The molecular formula is C28H31FN4O4S. The van der Waals surface area contributed by atoms with E-state index in [1.807, 2.05) is 17.0 Å². The number of nitrogens with zero attached hydrogens (tertiary/aromatic N) is 3. The highest BCUT2D eigenvalue weighted by Crippen LogP contribution is 2.25. The fourth-order valence-electron chi connectivity index (χ4n) is 5.15. The number of benzene rings is 2. The average molecular weight is 539 g/mol. The first-order valence-electron chi connectivity index (χ1n) is 12.9. The normalized spacial score (nSPS) is 17.8. The standard InChI is InChI=1S/C28H31FN4O4S/c29-22-4-2-6-27(20-22)38(35,36)31-23-5-1-3-21(19-23)28(34)33-15-9-24(10-16-33)32-17-11-26(12-18-32)37-25-7-13-30-14-8-25/h1-8,13-14,19-20,24,26,31H,9-12,15-18H2. The van der Waals surface area contributed by atoms with Gasteiger partial charge in [0.15, 0.2) is 0 Å². The van der Waals surface area contributed by atoms with Gasteiger partial charge in [-0.05, 0) is 74.2 Å². The second-order valence-corrected chi connectivity index (χ2v) is 11.4. The Kier molecular flexibility index (Phi) is 7.90. The van der Waals surface area contributed by atoms with Crippen molar-refractivity contribution in [2.24, 2.45) is 0 Å². The largest absolute Gasteiger partial charge is 0.490 e. The summed E-state index contributed by atoms with van der Waals surface area (Å²) < 4.78 is 47.3. The Bertz CT molecular complexity index is 1360. The van der Waals surface area contributed by atoms with E-state index in [0.717, 1.165) is 50.6 Å². The minimum atomic E-state index is -3.98. The van der Waals surface area contributed by atoms with Crippen LogP contribution < -0.4 is 9.46 Å². The third-order valence-corrected chi connectivity index (χ3v) is 8.54. The fraction of sp³-hybridized carbons (Fsp3) is 0.357. The summed E-state index contributed by atoms with van der Waals surface area (Å²) in [6.45, 7) is 3.25. The highest BCUT2D eigenvalue weighted by atomic mass is 32.2. The van der Waals surface area contributed by atoms with E-state index in [1.165, 1.54) is 24.3 Å². The molecule has 2 aliphatic rings. The van der Waals surface area contributed by atoms with E-state index in [4.69, 9.17) is 4.74 Å². The number of sulfonamides is 1. The van der Waals surface area contributed by atoms with Gasteiger partial charge in [-0.1, -0.05) is 12.1 Å². The van der Waals surface area contributed by atoms with Crippen molar-refractivity contribution in [1.82, 2.24) is 14.8 Å². The van der Waals surface area contributed by atoms with Crippen LogP contribution in [-0.2, 0) is 10.0 Å². The lowest BCUT2D eigenvalue weighted by Crippen LogP contribution is -2.50. The molecule has 1 N–H and O–H groups in total. The van der Waals surface area contributed by atoms with Crippen molar-refractivity contribution in [2.45, 2.75) is 42.7 Å². The van der Waals surface area contributed by atoms with Gasteiger partial charge in [-0.15, -0.1) is 0 Å². The number of likely N-dealkylation sites (tertiary alicyclic amines) is 2. The maximum absolute atomic E-state index is 13.5. The van der Waals surface area contributed by atoms with Gasteiger partial charge < -0.3 is 9.64 Å². The molecule has 38 heavy (non-hydrogen) atoms. The summed E-state index contributed by atoms with van der Waals surface area (Å²) in [5.41, 5.74) is 0.670. The second kappa shape index (κ2) is 11.5. The van der Waals surface area contributed by atoms with Crippen LogP contribution in [0.3, 0.4) is 0 Å². The molecule has 2 fully saturated rings. The predicted molar refractivity (Wildman–Crippen MR) is 142 cm³/mol. The molecule has 200 valence electrons. The third-order valence-electron chi connectivity index (χ3n) is 7.17. The molecule has 3 aromatic rings. The van der Waals surface area contributed by atoms with Crippen LogP contribution in [0.25, 0.3) is 0 Å². The summed E-state index contributed by atoms with van der Waals surface area (Å²) in [5.74, 6) is 0.0960. The van der Waals surface area contributed by atoms with Crippen molar-refractivity contribution in [1.29, 1.82) is 0 Å². The van der Waals surface area contributed by atoms with Crippen molar-refractivity contribution in [3.8, 4) is 5.75 Å². The quantitative estimate of drug-likeness (QED) is 0.486. The average Bonchev–Trinajstić information content (AvgIpc) is 2.94. The summed E-state index contributed by atoms with van der Waals surface area (Å²) in [6.07, 6.45) is 7.42. The Labute approximate surface area is 222 Å². The number of carbonyl (C=O) groups excluding carboxylic acids is 1. The summed E-state index contributed by atoms with van der Waals surface area (Å²) in [6, 6.07) is 15.4. The van der Waals surface area contributed by atoms with Gasteiger partial charge in [-0.25, -0.2) is 12.8 Å². The molecule has 8 nitrogen and oxygen atoms in total. The van der Waals surface area contributed by atoms with E-state index in [0.29, 0.717) is 24.7 Å². The van der Waals surface area contributed by atoms with Gasteiger partial charge in [0, 0.05) is 55.9 Å². The van der Waals surface area contributed by atoms with Gasteiger partial charge in [-0.2, -0.15) is 0 Å². The number of rotatable bonds is 7. The zero-order chi connectivity index (χ0) is 26.5. The first kappa shape index (κ1) is 26.1. The molecule has 0 atom stereocenters. The second-order valence-electron chi connectivity index (χ2n) is 9.70. The number of nitrogens with one attached hydrogen (secondary N) is 1. The zero-order valence-electron chi connectivity index (χ0n) is 21.0. The number of halogens is 1. The van der Waals surface area contributed by atoms with Crippen molar-refractivity contribution >= 4 is 21.6 Å². The Morgan fingerprint density at radius 3 is 2.34 bits per heavy atom. The van der Waals surface area contributed by atoms with Crippen LogP contribution >= 0.6 is 0 Å². The molecule has 2 aliphatic heterocycles. The predicted octanol–water partition coefficient (Wildman–Crippen LogP) is 4.17. The minimum Gasteiger partial charge on any atom is -0.490 e. The molecule has 0 bridgehead atoms. The van der Waals surface area contributed by atoms with Crippen LogP contribution in [0, 0.1) is 5.82 Å². The number of amides is 1. The van der Waals surface area contributed by atoms with Crippen LogP contribution in [-0.4, -0.2) is 67.4 Å². The summed E-state index contributed by atoms with van der Waals surface area (Å²) >= 11 is 0. The van der Waals surface area contributed by atoms with Gasteiger partial charge in [0.25, 0.3) is 15.9 Å². The van der Waals surface area contributed by atoms with Gasteiger partial charge >= 0.3 is 0 Å². The number of hydrogen-bond donors (Lipinski definition) is 1. The SMILES string of the molecule is O=C(c1cccc(NS(=O)(=O)c2cccc(F)c2)c1)N1CCC(N2CCC(Oc3ccncc3)CC2)CC1. The first-order valence-corrected chi connectivity index (χ1v) is 14.3. The van der Waals surface area contributed by atoms with E-state index in [-0.39, 0.29) is 22.6 Å². The van der Waals surface area contributed by atoms with Crippen molar-refractivity contribution in [3.63, 3.8) is 0 Å². The van der Waals surface area contributed by atoms with Crippen molar-refractivity contribution in [2.75, 3.05) is 30.9 Å². The monoisotopic (exact) mass is 538 g/mol. The Balaban J connectivity index is 1.13. The van der Waals surface area contributed by atoms with E-state index in [1.54, 1.807) is 30.6 Å². The molecule has 3 heterocycles. The maximum atomic E-state index is 13.5.